The van der Waals surface area contributed by atoms with E-state index in [1.165, 1.54) is 86.3 Å². The molecule has 0 nitrogen and oxygen atoms in total. The number of hydrogen-bond donors (Lipinski definition) is 0. The molecule has 8 aromatic rings. The van der Waals surface area contributed by atoms with Crippen molar-refractivity contribution < 1.29 is 0 Å². The molecule has 0 saturated carbocycles. The fourth-order valence-corrected chi connectivity index (χ4v) is 8.27. The largest absolute Gasteiger partial charge is 0.135 e. The average molecular weight is 625 g/mol. The molecule has 0 amide bonds. The fourth-order valence-electron chi connectivity index (χ4n) is 6.50. The van der Waals surface area contributed by atoms with Crippen LogP contribution >= 0.6 is 23.1 Å². The maximum absolute atomic E-state index is 2.36. The molecule has 0 fully saturated rings. The molecule has 2 heteroatoms. The molecule has 0 radical (unpaired) electrons. The third-order valence-electron chi connectivity index (χ3n) is 8.82. The minimum absolute atomic E-state index is 1.22. The summed E-state index contributed by atoms with van der Waals surface area (Å²) in [5.41, 5.74) is 13.7. The molecule has 0 spiro atoms. The highest BCUT2D eigenvalue weighted by Gasteiger charge is 2.10. The third-order valence-corrected chi connectivity index (χ3v) is 10.7. The molecule has 0 aliphatic carbocycles. The summed E-state index contributed by atoms with van der Waals surface area (Å²) in [5, 5.41) is 2.68. The van der Waals surface area contributed by atoms with E-state index in [0.717, 1.165) is 0 Å². The van der Waals surface area contributed by atoms with Gasteiger partial charge in [-0.25, -0.2) is 0 Å². The standard InChI is InChI=1S/C44H32S2/c1-29-23-37(27-38(24-29)36-21-22-41-40-14-4-6-16-43(40)46-44(41)28-36)35-12-8-11-34(26-35)33-10-7-9-32(25-33)30-17-19-31(20-18-30)39-13-3-5-15-42(39)45-2/h3-28H,1-2H3. The molecule has 0 aliphatic heterocycles. The zero-order valence-electron chi connectivity index (χ0n) is 25.8. The zero-order valence-corrected chi connectivity index (χ0v) is 27.5. The molecular formula is C44H32S2. The molecule has 0 atom stereocenters. The normalized spacial score (nSPS) is 11.3. The highest BCUT2D eigenvalue weighted by Crippen LogP contribution is 2.38. The number of thioether (sulfide) groups is 1. The van der Waals surface area contributed by atoms with Crippen LogP contribution in [0.2, 0.25) is 0 Å². The Bertz CT molecular complexity index is 2360. The molecule has 0 aliphatic rings. The van der Waals surface area contributed by atoms with Gasteiger partial charge in [-0.05, 0) is 111 Å². The van der Waals surface area contributed by atoms with E-state index in [1.54, 1.807) is 11.8 Å². The van der Waals surface area contributed by atoms with Crippen LogP contribution in [0, 0.1) is 6.92 Å². The summed E-state index contributed by atoms with van der Waals surface area (Å²) in [5.74, 6) is 0. The van der Waals surface area contributed by atoms with Gasteiger partial charge in [0.15, 0.2) is 0 Å². The maximum Gasteiger partial charge on any atom is 0.0361 e. The summed E-state index contributed by atoms with van der Waals surface area (Å²) in [4.78, 5) is 1.30. The molecule has 1 heterocycles. The van der Waals surface area contributed by atoms with Gasteiger partial charge in [0, 0.05) is 25.1 Å². The first-order chi connectivity index (χ1) is 22.6. The average Bonchev–Trinajstić information content (AvgIpc) is 3.49. The van der Waals surface area contributed by atoms with Crippen LogP contribution in [0.4, 0.5) is 0 Å². The van der Waals surface area contributed by atoms with Gasteiger partial charge in [0.05, 0.1) is 0 Å². The van der Waals surface area contributed by atoms with Gasteiger partial charge >= 0.3 is 0 Å². The molecule has 8 rings (SSSR count). The Balaban J connectivity index is 1.10. The predicted octanol–water partition coefficient (Wildman–Crippen LogP) is 13.4. The van der Waals surface area contributed by atoms with Crippen molar-refractivity contribution in [2.75, 3.05) is 6.26 Å². The van der Waals surface area contributed by atoms with E-state index >= 15 is 0 Å². The van der Waals surface area contributed by atoms with Crippen molar-refractivity contribution in [3.05, 3.63) is 163 Å². The van der Waals surface area contributed by atoms with E-state index in [9.17, 15) is 0 Å². The first-order valence-corrected chi connectivity index (χ1v) is 17.7. The van der Waals surface area contributed by atoms with Crippen molar-refractivity contribution >= 4 is 43.3 Å². The summed E-state index contributed by atoms with van der Waals surface area (Å²) in [7, 11) is 0. The van der Waals surface area contributed by atoms with Crippen LogP contribution in [-0.4, -0.2) is 6.26 Å². The van der Waals surface area contributed by atoms with Gasteiger partial charge < -0.3 is 0 Å². The number of rotatable bonds is 6. The summed E-state index contributed by atoms with van der Waals surface area (Å²) in [6.07, 6.45) is 2.14. The van der Waals surface area contributed by atoms with E-state index in [2.05, 4.69) is 171 Å². The lowest BCUT2D eigenvalue weighted by molar-refractivity contribution is 1.45. The lowest BCUT2D eigenvalue weighted by atomic mass is 9.93. The van der Waals surface area contributed by atoms with E-state index in [0.29, 0.717) is 0 Å². The number of hydrogen-bond acceptors (Lipinski definition) is 2. The van der Waals surface area contributed by atoms with Gasteiger partial charge in [-0.3, -0.25) is 0 Å². The fraction of sp³-hybridized carbons (Fsp3) is 0.0455. The van der Waals surface area contributed by atoms with Crippen molar-refractivity contribution in [2.45, 2.75) is 11.8 Å². The van der Waals surface area contributed by atoms with Crippen LogP contribution in [0.25, 0.3) is 75.8 Å². The molecule has 0 N–H and O–H groups in total. The van der Waals surface area contributed by atoms with Gasteiger partial charge in [-0.2, -0.15) is 0 Å². The van der Waals surface area contributed by atoms with Crippen LogP contribution in [0.15, 0.2) is 163 Å². The Morgan fingerprint density at radius 2 is 0.913 bits per heavy atom. The second-order valence-corrected chi connectivity index (χ2v) is 13.8. The number of thiophene rings is 1. The molecule has 0 saturated heterocycles. The lowest BCUT2D eigenvalue weighted by Crippen LogP contribution is -1.87. The molecule has 0 unspecified atom stereocenters. The van der Waals surface area contributed by atoms with Crippen LogP contribution in [0.5, 0.6) is 0 Å². The Labute approximate surface area is 279 Å². The highest BCUT2D eigenvalue weighted by molar-refractivity contribution is 7.98. The van der Waals surface area contributed by atoms with Crippen molar-refractivity contribution in [1.29, 1.82) is 0 Å². The summed E-state index contributed by atoms with van der Waals surface area (Å²) in [6.45, 7) is 2.20. The molecule has 46 heavy (non-hydrogen) atoms. The van der Waals surface area contributed by atoms with E-state index < -0.39 is 0 Å². The first kappa shape index (κ1) is 28.6. The van der Waals surface area contributed by atoms with Gasteiger partial charge in [0.25, 0.3) is 0 Å². The second-order valence-electron chi connectivity index (χ2n) is 11.8. The van der Waals surface area contributed by atoms with Gasteiger partial charge in [0.1, 0.15) is 0 Å². The van der Waals surface area contributed by atoms with Crippen molar-refractivity contribution in [3.8, 4) is 55.6 Å². The quantitative estimate of drug-likeness (QED) is 0.166. The van der Waals surface area contributed by atoms with Crippen molar-refractivity contribution in [3.63, 3.8) is 0 Å². The summed E-state index contributed by atoms with van der Waals surface area (Å²) < 4.78 is 2.68. The topological polar surface area (TPSA) is 0 Å². The van der Waals surface area contributed by atoms with Crippen molar-refractivity contribution in [2.24, 2.45) is 0 Å². The van der Waals surface area contributed by atoms with E-state index in [-0.39, 0.29) is 0 Å². The Morgan fingerprint density at radius 3 is 1.63 bits per heavy atom. The van der Waals surface area contributed by atoms with E-state index in [1.807, 2.05) is 11.3 Å². The van der Waals surface area contributed by atoms with E-state index in [4.69, 9.17) is 0 Å². The molecule has 0 bridgehead atoms. The van der Waals surface area contributed by atoms with Gasteiger partial charge in [0.2, 0.25) is 0 Å². The second kappa shape index (κ2) is 12.1. The Kier molecular flexibility index (Phi) is 7.54. The monoisotopic (exact) mass is 624 g/mol. The Hall–Kier alpha value is -4.89. The van der Waals surface area contributed by atoms with Crippen molar-refractivity contribution in [1.82, 2.24) is 0 Å². The van der Waals surface area contributed by atoms with Crippen LogP contribution in [0.1, 0.15) is 5.56 Å². The molecular weight excluding hydrogens is 593 g/mol. The van der Waals surface area contributed by atoms with Crippen LogP contribution in [0.3, 0.4) is 0 Å². The predicted molar refractivity (Wildman–Crippen MR) is 203 cm³/mol. The summed E-state index contributed by atoms with van der Waals surface area (Å²) in [6, 6.07) is 58.0. The number of benzene rings is 7. The van der Waals surface area contributed by atoms with Gasteiger partial charge in [-0.15, -0.1) is 23.1 Å². The lowest BCUT2D eigenvalue weighted by Gasteiger charge is -2.12. The first-order valence-electron chi connectivity index (χ1n) is 15.6. The smallest absolute Gasteiger partial charge is 0.0361 e. The molecule has 7 aromatic carbocycles. The number of aryl methyl sites for hydroxylation is 1. The van der Waals surface area contributed by atoms with Crippen LogP contribution < -0.4 is 0 Å². The highest BCUT2D eigenvalue weighted by atomic mass is 32.2. The molecule has 220 valence electrons. The minimum atomic E-state index is 1.22. The van der Waals surface area contributed by atoms with Gasteiger partial charge in [-0.1, -0.05) is 121 Å². The summed E-state index contributed by atoms with van der Waals surface area (Å²) >= 11 is 3.67. The maximum atomic E-state index is 2.36. The number of fused-ring (bicyclic) bond motifs is 3. The minimum Gasteiger partial charge on any atom is -0.135 e. The SMILES string of the molecule is CSc1ccccc1-c1ccc(-c2cccc(-c3cccc(-c4cc(C)cc(-c5ccc6c(c5)sc5ccccc56)c4)c3)c2)cc1. The Morgan fingerprint density at radius 1 is 0.391 bits per heavy atom. The zero-order chi connectivity index (χ0) is 31.0. The third kappa shape index (κ3) is 5.45. The molecule has 1 aromatic heterocycles. The van der Waals surface area contributed by atoms with Crippen LogP contribution in [-0.2, 0) is 0 Å².